The van der Waals surface area contributed by atoms with Gasteiger partial charge >= 0.3 is 11.9 Å². The number of rotatable bonds is 7. The van der Waals surface area contributed by atoms with E-state index < -0.39 is 5.97 Å². The maximum Gasteiger partial charge on any atom is 0.330 e. The van der Waals surface area contributed by atoms with Crippen molar-refractivity contribution in [1.29, 1.82) is 5.26 Å². The number of nitriles is 1. The third-order valence-corrected chi connectivity index (χ3v) is 2.43. The Labute approximate surface area is 137 Å². The lowest BCUT2D eigenvalue weighted by Gasteiger charge is -1.97. The number of unbranched alkanes of at least 4 members (excludes halogenated alkanes) is 1. The minimum atomic E-state index is -0.847. The minimum Gasteiger partial charge on any atom is -0.478 e. The van der Waals surface area contributed by atoms with Crippen molar-refractivity contribution in [2.45, 2.75) is 39.2 Å². The molecular weight excluding hydrogens is 298 g/mol. The van der Waals surface area contributed by atoms with Gasteiger partial charge in [0.1, 0.15) is 0 Å². The maximum absolute atomic E-state index is 10.3. The first kappa shape index (κ1) is 22.9. The van der Waals surface area contributed by atoms with Gasteiger partial charge in [0.2, 0.25) is 0 Å². The monoisotopic (exact) mass is 323 g/mol. The van der Waals surface area contributed by atoms with Gasteiger partial charge in [0, 0.05) is 17.7 Å². The predicted octanol–water partition coefficient (Wildman–Crippen LogP) is 3.02. The highest BCUT2D eigenvalue weighted by Gasteiger charge is 2.20. The molecule has 0 aliphatic carbocycles. The topological polar surface area (TPSA) is 99.9 Å². The molecule has 1 aliphatic heterocycles. The summed E-state index contributed by atoms with van der Waals surface area (Å²) in [6.07, 6.45) is 7.05. The molecule has 1 unspecified atom stereocenters. The smallest absolute Gasteiger partial charge is 0.330 e. The molecule has 0 saturated carbocycles. The molecule has 0 amide bonds. The van der Waals surface area contributed by atoms with E-state index >= 15 is 0 Å². The van der Waals surface area contributed by atoms with E-state index in [-0.39, 0.29) is 12.1 Å². The van der Waals surface area contributed by atoms with Crippen LogP contribution in [0, 0.1) is 11.3 Å². The largest absolute Gasteiger partial charge is 0.478 e. The van der Waals surface area contributed by atoms with Crippen molar-refractivity contribution in [3.63, 3.8) is 0 Å². The highest BCUT2D eigenvalue weighted by atomic mass is 16.6. The van der Waals surface area contributed by atoms with Gasteiger partial charge < -0.3 is 14.6 Å². The van der Waals surface area contributed by atoms with E-state index in [9.17, 15) is 9.59 Å². The molecule has 0 bridgehead atoms. The molecule has 1 atom stereocenters. The van der Waals surface area contributed by atoms with Gasteiger partial charge in [-0.1, -0.05) is 32.6 Å². The molecule has 6 nitrogen and oxygen atoms in total. The molecule has 0 radical (unpaired) electrons. The minimum absolute atomic E-state index is 0.286. The van der Waals surface area contributed by atoms with Crippen LogP contribution in [0.4, 0.5) is 0 Å². The summed E-state index contributed by atoms with van der Waals surface area (Å²) in [7, 11) is 0. The number of carbonyl (C=O) groups excluding carboxylic acids is 1. The second-order valence-corrected chi connectivity index (χ2v) is 4.44. The fraction of sp³-hybridized carbons (Fsp3) is 0.471. The predicted molar refractivity (Wildman–Crippen MR) is 87.6 cm³/mol. The zero-order valence-electron chi connectivity index (χ0n) is 13.8. The highest BCUT2D eigenvalue weighted by Crippen LogP contribution is 2.14. The van der Waals surface area contributed by atoms with Crippen LogP contribution in [0.2, 0.25) is 0 Å². The maximum atomic E-state index is 10.3. The summed E-state index contributed by atoms with van der Waals surface area (Å²) in [5, 5.41) is 15.9. The van der Waals surface area contributed by atoms with E-state index in [0.29, 0.717) is 12.2 Å². The number of aliphatic carboxylic acids is 1. The Bertz CT molecular complexity index is 444. The Kier molecular flexibility index (Phi) is 15.9. The normalized spacial score (nSPS) is 14.7. The Morgan fingerprint density at radius 3 is 2.39 bits per heavy atom. The molecule has 0 spiro atoms. The fourth-order valence-electron chi connectivity index (χ4n) is 0.976. The van der Waals surface area contributed by atoms with Gasteiger partial charge in [-0.15, -0.1) is 0 Å². The molecule has 0 aromatic rings. The van der Waals surface area contributed by atoms with Gasteiger partial charge in [0.25, 0.3) is 0 Å². The number of allylic oxidation sites excluding steroid dienone is 1. The quantitative estimate of drug-likeness (QED) is 0.254. The van der Waals surface area contributed by atoms with Gasteiger partial charge in [-0.2, -0.15) is 5.26 Å². The average Bonchev–Trinajstić information content (AvgIpc) is 3.37. The number of nitrogens with zero attached hydrogens (tertiary/aromatic N) is 1. The first-order valence-electron chi connectivity index (χ1n) is 7.24. The SMILES string of the molecule is C/C(=C\CC1CO1)C(=O)O.C=CC#N.C=CC(=O)OCCCC. The fourth-order valence-corrected chi connectivity index (χ4v) is 0.976. The number of carboxylic acid groups (broad SMARTS) is 1. The second kappa shape index (κ2) is 16.0. The zero-order chi connectivity index (χ0) is 18.1. The van der Waals surface area contributed by atoms with Crippen LogP contribution in [-0.4, -0.2) is 36.4 Å². The van der Waals surface area contributed by atoms with Crippen LogP contribution >= 0.6 is 0 Å². The third kappa shape index (κ3) is 19.6. The lowest BCUT2D eigenvalue weighted by Crippen LogP contribution is -2.00. The van der Waals surface area contributed by atoms with E-state index in [1.807, 2.05) is 6.92 Å². The van der Waals surface area contributed by atoms with Gasteiger partial charge in [0.05, 0.1) is 25.4 Å². The van der Waals surface area contributed by atoms with Crippen LogP contribution in [-0.2, 0) is 19.1 Å². The number of esters is 1. The van der Waals surface area contributed by atoms with Gasteiger partial charge in [-0.05, 0) is 19.8 Å². The van der Waals surface area contributed by atoms with Gasteiger partial charge in [-0.25, -0.2) is 9.59 Å². The highest BCUT2D eigenvalue weighted by molar-refractivity contribution is 5.85. The number of carboxylic acids is 1. The number of epoxide rings is 1. The first-order valence-corrected chi connectivity index (χ1v) is 7.24. The van der Waals surface area contributed by atoms with Crippen LogP contribution in [0.3, 0.4) is 0 Å². The number of ether oxygens (including phenoxy) is 2. The molecule has 6 heteroatoms. The summed E-state index contributed by atoms with van der Waals surface area (Å²) in [6, 6.07) is 1.69. The number of hydrogen-bond acceptors (Lipinski definition) is 5. The summed E-state index contributed by atoms with van der Waals surface area (Å²) in [6.45, 7) is 11.3. The molecule has 128 valence electrons. The zero-order valence-corrected chi connectivity index (χ0v) is 13.8. The molecule has 1 N–H and O–H groups in total. The van der Waals surface area contributed by atoms with E-state index in [2.05, 4.69) is 17.9 Å². The molecule has 0 aromatic heterocycles. The summed E-state index contributed by atoms with van der Waals surface area (Å²) >= 11 is 0. The van der Waals surface area contributed by atoms with Gasteiger partial charge in [0.15, 0.2) is 0 Å². The molecule has 0 aromatic carbocycles. The Balaban J connectivity index is 0. The molecule has 1 fully saturated rings. The Morgan fingerprint density at radius 2 is 2.04 bits per heavy atom. The third-order valence-electron chi connectivity index (χ3n) is 2.43. The molecular formula is C17H25NO5. The van der Waals surface area contributed by atoms with E-state index in [4.69, 9.17) is 15.1 Å². The Hall–Kier alpha value is -2.39. The van der Waals surface area contributed by atoms with Crippen molar-refractivity contribution in [2.24, 2.45) is 0 Å². The van der Waals surface area contributed by atoms with Crippen molar-refractivity contribution in [3.05, 3.63) is 37.0 Å². The van der Waals surface area contributed by atoms with E-state index in [1.54, 1.807) is 19.1 Å². The van der Waals surface area contributed by atoms with Gasteiger partial charge in [-0.3, -0.25) is 0 Å². The molecule has 1 rings (SSSR count). The van der Waals surface area contributed by atoms with Crippen LogP contribution in [0.1, 0.15) is 33.1 Å². The molecule has 1 saturated heterocycles. The van der Waals surface area contributed by atoms with Crippen LogP contribution in [0.25, 0.3) is 0 Å². The number of carbonyl (C=O) groups is 2. The van der Waals surface area contributed by atoms with E-state index in [0.717, 1.165) is 25.9 Å². The molecule has 23 heavy (non-hydrogen) atoms. The number of hydrogen-bond donors (Lipinski definition) is 1. The second-order valence-electron chi connectivity index (χ2n) is 4.44. The summed E-state index contributed by atoms with van der Waals surface area (Å²) < 4.78 is 9.58. The van der Waals surface area contributed by atoms with Crippen molar-refractivity contribution in [3.8, 4) is 6.07 Å². The summed E-state index contributed by atoms with van der Waals surface area (Å²) in [4.78, 5) is 20.6. The Morgan fingerprint density at radius 1 is 1.48 bits per heavy atom. The van der Waals surface area contributed by atoms with Crippen LogP contribution < -0.4 is 0 Å². The van der Waals surface area contributed by atoms with Crippen molar-refractivity contribution >= 4 is 11.9 Å². The average molecular weight is 323 g/mol. The molecule has 1 heterocycles. The van der Waals surface area contributed by atoms with Crippen molar-refractivity contribution < 1.29 is 24.2 Å². The summed E-state index contributed by atoms with van der Waals surface area (Å²) in [5.74, 6) is -1.18. The van der Waals surface area contributed by atoms with Crippen LogP contribution in [0.5, 0.6) is 0 Å². The standard InChI is InChI=1S/C7H10O3.C7H12O2.C3H3N/c1-5(7(8)9)2-3-6-4-10-6;1-3-5-6-9-7(8)4-2;1-2-3-4/h2,6H,3-4H2,1H3,(H,8,9);4H,2-3,5-6H2,1H3;2H,1H2/b5-2+;;. The van der Waals surface area contributed by atoms with Crippen molar-refractivity contribution in [2.75, 3.05) is 13.2 Å². The molecule has 1 aliphatic rings. The lowest BCUT2D eigenvalue weighted by atomic mass is 10.2. The first-order chi connectivity index (χ1) is 10.9. The lowest BCUT2D eigenvalue weighted by molar-refractivity contribution is -0.138. The van der Waals surface area contributed by atoms with Crippen molar-refractivity contribution in [1.82, 2.24) is 0 Å². The van der Waals surface area contributed by atoms with Crippen LogP contribution in [0.15, 0.2) is 37.0 Å². The van der Waals surface area contributed by atoms with E-state index in [1.165, 1.54) is 12.2 Å². The summed E-state index contributed by atoms with van der Waals surface area (Å²) in [5.41, 5.74) is 0.399.